The molecular formula is C7H7BrClN3. The van der Waals surface area contributed by atoms with Crippen molar-refractivity contribution >= 4 is 45.1 Å². The number of aromatic nitrogens is 1. The molecule has 1 rings (SSSR count). The van der Waals surface area contributed by atoms with Crippen molar-refractivity contribution in [2.75, 3.05) is 5.73 Å². The largest absolute Gasteiger partial charge is 0.394 e. The fourth-order valence-corrected chi connectivity index (χ4v) is 1.29. The van der Waals surface area contributed by atoms with Gasteiger partial charge in [-0.15, -0.1) is 0 Å². The number of nitrogen functional groups attached to an aromatic ring is 1. The van der Waals surface area contributed by atoms with Crippen LogP contribution in [0.3, 0.4) is 0 Å². The second-order valence-electron chi connectivity index (χ2n) is 2.05. The number of aliphatic imine (C=N–C) groups is 1. The summed E-state index contributed by atoms with van der Waals surface area (Å²) in [4.78, 5) is 7.89. The third-order valence-electron chi connectivity index (χ3n) is 1.25. The van der Waals surface area contributed by atoms with Gasteiger partial charge in [-0.2, -0.15) is 0 Å². The molecule has 3 nitrogen and oxygen atoms in total. The maximum absolute atomic E-state index is 5.69. The highest BCUT2D eigenvalue weighted by Crippen LogP contribution is 2.34. The van der Waals surface area contributed by atoms with Gasteiger partial charge in [-0.1, -0.05) is 11.6 Å². The lowest BCUT2D eigenvalue weighted by Crippen LogP contribution is -1.90. The van der Waals surface area contributed by atoms with E-state index in [4.69, 9.17) is 17.3 Å². The van der Waals surface area contributed by atoms with Gasteiger partial charge in [0.25, 0.3) is 0 Å². The lowest BCUT2D eigenvalue weighted by molar-refractivity contribution is 1.30. The molecule has 0 atom stereocenters. The Hall–Kier alpha value is -0.610. The number of hydrogen-bond donors (Lipinski definition) is 1. The number of nitrogens with two attached hydrogens (primary N) is 1. The molecule has 5 heteroatoms. The highest BCUT2D eigenvalue weighted by atomic mass is 79.9. The molecule has 0 unspecified atom stereocenters. The van der Waals surface area contributed by atoms with Crippen LogP contribution in [0.25, 0.3) is 0 Å². The van der Waals surface area contributed by atoms with E-state index in [1.807, 2.05) is 0 Å². The smallest absolute Gasteiger partial charge is 0.154 e. The average Bonchev–Trinajstić information content (AvgIpc) is 2.06. The molecule has 12 heavy (non-hydrogen) atoms. The maximum atomic E-state index is 5.69. The molecular weight excluding hydrogens is 241 g/mol. The quantitative estimate of drug-likeness (QED) is 0.614. The fourth-order valence-electron chi connectivity index (χ4n) is 0.731. The number of halogens is 2. The van der Waals surface area contributed by atoms with Crippen molar-refractivity contribution in [1.29, 1.82) is 0 Å². The van der Waals surface area contributed by atoms with Crippen molar-refractivity contribution in [3.63, 3.8) is 0 Å². The normalized spacial score (nSPS) is 10.9. The number of nitrogens with zero attached hydrogens (tertiary/aromatic N) is 2. The Balaban J connectivity index is 3.32. The summed E-state index contributed by atoms with van der Waals surface area (Å²) in [7, 11) is 0. The van der Waals surface area contributed by atoms with Gasteiger partial charge in [0.2, 0.25) is 0 Å². The molecule has 1 aromatic rings. The van der Waals surface area contributed by atoms with Gasteiger partial charge >= 0.3 is 0 Å². The summed E-state index contributed by atoms with van der Waals surface area (Å²) < 4.78 is 0.738. The first-order valence-corrected chi connectivity index (χ1v) is 4.42. The van der Waals surface area contributed by atoms with Crippen LogP contribution in [-0.2, 0) is 0 Å². The van der Waals surface area contributed by atoms with Crippen LogP contribution in [0, 0.1) is 0 Å². The van der Waals surface area contributed by atoms with Gasteiger partial charge < -0.3 is 5.73 Å². The van der Waals surface area contributed by atoms with Gasteiger partial charge in [0.05, 0.1) is 10.2 Å². The van der Waals surface area contributed by atoms with Crippen molar-refractivity contribution in [3.8, 4) is 0 Å². The minimum Gasteiger partial charge on any atom is -0.394 e. The summed E-state index contributed by atoms with van der Waals surface area (Å²) in [6.45, 7) is 1.81. The van der Waals surface area contributed by atoms with E-state index < -0.39 is 0 Å². The molecule has 0 fully saturated rings. The molecule has 0 spiro atoms. The van der Waals surface area contributed by atoms with E-state index in [0.717, 1.165) is 4.47 Å². The Morgan fingerprint density at radius 1 is 1.75 bits per heavy atom. The van der Waals surface area contributed by atoms with Gasteiger partial charge in [-0.3, -0.25) is 4.99 Å². The zero-order valence-corrected chi connectivity index (χ0v) is 8.72. The summed E-state index contributed by atoms with van der Waals surface area (Å²) in [5, 5.41) is 0.277. The van der Waals surface area contributed by atoms with Gasteiger partial charge in [-0.25, -0.2) is 4.98 Å². The Morgan fingerprint density at radius 2 is 2.42 bits per heavy atom. The number of rotatable bonds is 1. The van der Waals surface area contributed by atoms with Crippen molar-refractivity contribution in [2.24, 2.45) is 4.99 Å². The Kier molecular flexibility index (Phi) is 3.05. The van der Waals surface area contributed by atoms with E-state index in [0.29, 0.717) is 11.4 Å². The van der Waals surface area contributed by atoms with Crippen LogP contribution >= 0.6 is 27.5 Å². The predicted molar refractivity (Wildman–Crippen MR) is 55.2 cm³/mol. The molecule has 0 aliphatic carbocycles. The molecule has 0 aliphatic rings. The Morgan fingerprint density at radius 3 is 3.00 bits per heavy atom. The Labute approximate surface area is 83.8 Å². The first-order chi connectivity index (χ1) is 5.66. The molecule has 0 aliphatic heterocycles. The molecule has 1 aromatic heterocycles. The van der Waals surface area contributed by atoms with E-state index >= 15 is 0 Å². The van der Waals surface area contributed by atoms with Crippen LogP contribution < -0.4 is 5.73 Å². The molecule has 1 heterocycles. The zero-order chi connectivity index (χ0) is 9.14. The molecule has 64 valence electrons. The number of hydrogen-bond acceptors (Lipinski definition) is 3. The average molecular weight is 249 g/mol. The van der Waals surface area contributed by atoms with Crippen molar-refractivity contribution in [2.45, 2.75) is 6.92 Å². The molecule has 0 aromatic carbocycles. The predicted octanol–water partition coefficient (Wildman–Crippen LogP) is 2.80. The first kappa shape index (κ1) is 9.48. The second kappa shape index (κ2) is 3.87. The van der Waals surface area contributed by atoms with E-state index in [-0.39, 0.29) is 5.15 Å². The number of pyridine rings is 1. The van der Waals surface area contributed by atoms with Gasteiger partial charge in [0.15, 0.2) is 5.15 Å². The van der Waals surface area contributed by atoms with Crippen LogP contribution in [-0.4, -0.2) is 11.2 Å². The van der Waals surface area contributed by atoms with Crippen LogP contribution in [0.2, 0.25) is 5.15 Å². The second-order valence-corrected chi connectivity index (χ2v) is 3.26. The lowest BCUT2D eigenvalue weighted by atomic mass is 10.3. The van der Waals surface area contributed by atoms with Crippen LogP contribution in [0.15, 0.2) is 15.7 Å². The van der Waals surface area contributed by atoms with Crippen molar-refractivity contribution in [3.05, 3.63) is 15.8 Å². The third-order valence-corrected chi connectivity index (χ3v) is 2.13. The molecule has 0 amide bonds. The van der Waals surface area contributed by atoms with E-state index in [1.165, 1.54) is 0 Å². The first-order valence-electron chi connectivity index (χ1n) is 3.25. The molecule has 0 saturated carbocycles. The summed E-state index contributed by atoms with van der Waals surface area (Å²) in [5.41, 5.74) is 6.65. The molecule has 0 radical (unpaired) electrons. The monoisotopic (exact) mass is 247 g/mol. The SMILES string of the molecule is C/C=N\c1c(Br)cnc(Cl)c1N. The minimum atomic E-state index is 0.277. The summed E-state index contributed by atoms with van der Waals surface area (Å²) in [6.07, 6.45) is 3.22. The highest BCUT2D eigenvalue weighted by Gasteiger charge is 2.06. The molecule has 0 saturated heterocycles. The van der Waals surface area contributed by atoms with E-state index in [1.54, 1.807) is 19.3 Å². The van der Waals surface area contributed by atoms with Gasteiger partial charge in [0.1, 0.15) is 5.69 Å². The zero-order valence-electron chi connectivity index (χ0n) is 6.38. The molecule has 2 N–H and O–H groups in total. The summed E-state index contributed by atoms with van der Waals surface area (Å²) >= 11 is 8.96. The van der Waals surface area contributed by atoms with Crippen LogP contribution in [0.5, 0.6) is 0 Å². The third kappa shape index (κ3) is 1.76. The Bertz CT molecular complexity index is 325. The topological polar surface area (TPSA) is 51.3 Å². The molecule has 0 bridgehead atoms. The fraction of sp³-hybridized carbons (Fsp3) is 0.143. The van der Waals surface area contributed by atoms with Crippen molar-refractivity contribution < 1.29 is 0 Å². The number of anilines is 1. The standard InChI is InChI=1S/C7H7BrClN3/c1-2-11-6-4(8)3-12-7(9)5(6)10/h2-3H,10H2,1H3/b11-2-. The van der Waals surface area contributed by atoms with Crippen molar-refractivity contribution in [1.82, 2.24) is 4.98 Å². The van der Waals surface area contributed by atoms with Gasteiger partial charge in [-0.05, 0) is 22.9 Å². The van der Waals surface area contributed by atoms with E-state index in [9.17, 15) is 0 Å². The maximum Gasteiger partial charge on any atom is 0.154 e. The minimum absolute atomic E-state index is 0.277. The van der Waals surface area contributed by atoms with E-state index in [2.05, 4.69) is 25.9 Å². The lowest BCUT2D eigenvalue weighted by Gasteiger charge is -2.02. The van der Waals surface area contributed by atoms with Crippen LogP contribution in [0.4, 0.5) is 11.4 Å². The van der Waals surface area contributed by atoms with Crippen LogP contribution in [0.1, 0.15) is 6.92 Å². The summed E-state index contributed by atoms with van der Waals surface area (Å²) in [5.74, 6) is 0. The summed E-state index contributed by atoms with van der Waals surface area (Å²) in [6, 6.07) is 0. The van der Waals surface area contributed by atoms with Gasteiger partial charge in [0, 0.05) is 12.4 Å². The highest BCUT2D eigenvalue weighted by molar-refractivity contribution is 9.10.